The summed E-state index contributed by atoms with van der Waals surface area (Å²) in [4.78, 5) is 46.2. The number of imidazole rings is 1. The topological polar surface area (TPSA) is 87.5 Å². The summed E-state index contributed by atoms with van der Waals surface area (Å²) in [5.74, 6) is -0.287. The van der Waals surface area contributed by atoms with E-state index in [1.807, 2.05) is 24.3 Å². The van der Waals surface area contributed by atoms with Crippen LogP contribution >= 0.6 is 0 Å². The Balaban J connectivity index is 1.79. The number of H-pyrrole nitrogens is 1. The SMILES string of the molecule is O=C1[C@H]2CCCC[C@@H]2C(=O)N1c1cc(=O)[nH]c2nc3ccccc3n12. The lowest BCUT2D eigenvalue weighted by Crippen LogP contribution is -2.33. The Morgan fingerprint density at radius 3 is 2.40 bits per heavy atom. The van der Waals surface area contributed by atoms with Crippen LogP contribution in [0.3, 0.4) is 0 Å². The molecule has 1 N–H and O–H groups in total. The number of carbonyl (C=O) groups excluding carboxylic acids is 2. The molecule has 126 valence electrons. The van der Waals surface area contributed by atoms with E-state index in [9.17, 15) is 14.4 Å². The smallest absolute Gasteiger partial charge is 0.254 e. The minimum absolute atomic E-state index is 0.195. The average molecular weight is 336 g/mol. The summed E-state index contributed by atoms with van der Waals surface area (Å²) in [6, 6.07) is 8.72. The van der Waals surface area contributed by atoms with Crippen LogP contribution in [0.2, 0.25) is 0 Å². The van der Waals surface area contributed by atoms with Crippen molar-refractivity contribution in [2.75, 3.05) is 4.90 Å². The van der Waals surface area contributed by atoms with E-state index in [4.69, 9.17) is 0 Å². The Morgan fingerprint density at radius 2 is 1.68 bits per heavy atom. The number of aromatic nitrogens is 3. The monoisotopic (exact) mass is 336 g/mol. The first kappa shape index (κ1) is 14.4. The van der Waals surface area contributed by atoms with Crippen molar-refractivity contribution in [2.24, 2.45) is 11.8 Å². The highest BCUT2D eigenvalue weighted by atomic mass is 16.2. The zero-order chi connectivity index (χ0) is 17.1. The number of amides is 2. The third-order valence-electron chi connectivity index (χ3n) is 5.36. The zero-order valence-corrected chi connectivity index (χ0v) is 13.4. The quantitative estimate of drug-likeness (QED) is 0.687. The van der Waals surface area contributed by atoms with Crippen LogP contribution in [0.25, 0.3) is 16.8 Å². The average Bonchev–Trinajstić information content (AvgIpc) is 3.10. The minimum atomic E-state index is -0.381. The van der Waals surface area contributed by atoms with Gasteiger partial charge in [0.15, 0.2) is 0 Å². The van der Waals surface area contributed by atoms with Crippen molar-refractivity contribution in [1.82, 2.24) is 14.4 Å². The zero-order valence-electron chi connectivity index (χ0n) is 13.4. The molecule has 0 bridgehead atoms. The molecular weight excluding hydrogens is 320 g/mol. The Labute approximate surface area is 142 Å². The largest absolute Gasteiger partial charge is 0.292 e. The molecule has 2 aromatic heterocycles. The number of nitrogens with zero attached hydrogens (tertiary/aromatic N) is 3. The van der Waals surface area contributed by atoms with Gasteiger partial charge in [0.05, 0.1) is 22.9 Å². The number of carbonyl (C=O) groups is 2. The van der Waals surface area contributed by atoms with Gasteiger partial charge >= 0.3 is 0 Å². The highest BCUT2D eigenvalue weighted by molar-refractivity contribution is 6.22. The molecule has 1 saturated carbocycles. The lowest BCUT2D eigenvalue weighted by Gasteiger charge is -2.19. The van der Waals surface area contributed by atoms with Crippen molar-refractivity contribution in [2.45, 2.75) is 25.7 Å². The predicted octanol–water partition coefficient (Wildman–Crippen LogP) is 1.86. The fourth-order valence-corrected chi connectivity index (χ4v) is 4.22. The summed E-state index contributed by atoms with van der Waals surface area (Å²) >= 11 is 0. The molecule has 5 rings (SSSR count). The van der Waals surface area contributed by atoms with E-state index in [0.717, 1.165) is 31.2 Å². The van der Waals surface area contributed by atoms with Crippen LogP contribution in [-0.4, -0.2) is 26.2 Å². The Morgan fingerprint density at radius 1 is 1.00 bits per heavy atom. The van der Waals surface area contributed by atoms with Gasteiger partial charge in [-0.3, -0.25) is 23.8 Å². The summed E-state index contributed by atoms with van der Waals surface area (Å²) < 4.78 is 1.68. The van der Waals surface area contributed by atoms with Crippen LogP contribution in [0.1, 0.15) is 25.7 Å². The maximum absolute atomic E-state index is 12.9. The van der Waals surface area contributed by atoms with Crippen molar-refractivity contribution in [3.63, 3.8) is 0 Å². The molecule has 1 saturated heterocycles. The number of benzene rings is 1. The lowest BCUT2D eigenvalue weighted by molar-refractivity contribution is -0.122. The van der Waals surface area contributed by atoms with Crippen LogP contribution in [0.4, 0.5) is 5.82 Å². The van der Waals surface area contributed by atoms with Crippen molar-refractivity contribution < 1.29 is 9.59 Å². The molecule has 2 atom stereocenters. The molecule has 7 heteroatoms. The van der Waals surface area contributed by atoms with Gasteiger partial charge in [-0.2, -0.15) is 0 Å². The number of para-hydroxylation sites is 2. The molecule has 1 aliphatic heterocycles. The maximum atomic E-state index is 12.9. The van der Waals surface area contributed by atoms with Crippen LogP contribution in [0.5, 0.6) is 0 Å². The van der Waals surface area contributed by atoms with E-state index in [0.29, 0.717) is 11.3 Å². The van der Waals surface area contributed by atoms with Crippen molar-refractivity contribution in [3.05, 3.63) is 40.7 Å². The molecule has 1 aromatic carbocycles. The Hall–Kier alpha value is -2.96. The van der Waals surface area contributed by atoms with E-state index in [1.165, 1.54) is 11.0 Å². The Kier molecular flexibility index (Phi) is 2.89. The van der Waals surface area contributed by atoms with Crippen molar-refractivity contribution in [3.8, 4) is 0 Å². The second-order valence-electron chi connectivity index (χ2n) is 6.76. The molecule has 2 amide bonds. The van der Waals surface area contributed by atoms with Crippen LogP contribution in [-0.2, 0) is 9.59 Å². The number of fused-ring (bicyclic) bond motifs is 4. The van der Waals surface area contributed by atoms with Gasteiger partial charge in [-0.1, -0.05) is 25.0 Å². The number of hydrogen-bond donors (Lipinski definition) is 1. The van der Waals surface area contributed by atoms with E-state index in [1.54, 1.807) is 4.40 Å². The third kappa shape index (κ3) is 1.92. The van der Waals surface area contributed by atoms with Crippen LogP contribution < -0.4 is 10.5 Å². The molecule has 3 aromatic rings. The molecule has 25 heavy (non-hydrogen) atoms. The van der Waals surface area contributed by atoms with Gasteiger partial charge in [-0.25, -0.2) is 9.88 Å². The molecule has 2 aliphatic rings. The molecule has 3 heterocycles. The summed E-state index contributed by atoms with van der Waals surface area (Å²) in [5.41, 5.74) is 1.06. The van der Waals surface area contributed by atoms with E-state index < -0.39 is 0 Å². The van der Waals surface area contributed by atoms with Crippen molar-refractivity contribution >= 4 is 34.4 Å². The van der Waals surface area contributed by atoms with Gasteiger partial charge in [0, 0.05) is 6.07 Å². The van der Waals surface area contributed by atoms with Gasteiger partial charge in [-0.15, -0.1) is 0 Å². The molecule has 0 unspecified atom stereocenters. The molecule has 2 fully saturated rings. The highest BCUT2D eigenvalue weighted by Crippen LogP contribution is 2.40. The van der Waals surface area contributed by atoms with Gasteiger partial charge < -0.3 is 0 Å². The second-order valence-corrected chi connectivity index (χ2v) is 6.76. The molecule has 7 nitrogen and oxygen atoms in total. The first-order valence-electron chi connectivity index (χ1n) is 8.53. The highest BCUT2D eigenvalue weighted by Gasteiger charge is 2.49. The summed E-state index contributed by atoms with van der Waals surface area (Å²) in [6.07, 6.45) is 3.41. The van der Waals surface area contributed by atoms with Crippen molar-refractivity contribution in [1.29, 1.82) is 0 Å². The van der Waals surface area contributed by atoms with Gasteiger partial charge in [0.2, 0.25) is 17.6 Å². The molecule has 1 aliphatic carbocycles. The van der Waals surface area contributed by atoms with Gasteiger partial charge in [0.25, 0.3) is 5.56 Å². The van der Waals surface area contributed by atoms with Crippen LogP contribution in [0.15, 0.2) is 35.1 Å². The number of aromatic amines is 1. The first-order chi connectivity index (χ1) is 12.1. The Bertz CT molecular complexity index is 1070. The minimum Gasteiger partial charge on any atom is -0.292 e. The molecule has 0 spiro atoms. The first-order valence-corrected chi connectivity index (χ1v) is 8.53. The number of hydrogen-bond acceptors (Lipinski definition) is 4. The van der Waals surface area contributed by atoms with Gasteiger partial charge in [0.1, 0.15) is 5.82 Å². The van der Waals surface area contributed by atoms with Gasteiger partial charge in [-0.05, 0) is 25.0 Å². The van der Waals surface area contributed by atoms with E-state index in [2.05, 4.69) is 9.97 Å². The predicted molar refractivity (Wildman–Crippen MR) is 91.3 cm³/mol. The fourth-order valence-electron chi connectivity index (χ4n) is 4.22. The second kappa shape index (κ2) is 5.02. The summed E-state index contributed by atoms with van der Waals surface area (Å²) in [7, 11) is 0. The molecular formula is C18H16N4O3. The number of imide groups is 1. The number of nitrogens with one attached hydrogen (secondary N) is 1. The fraction of sp³-hybridized carbons (Fsp3) is 0.333. The lowest BCUT2D eigenvalue weighted by atomic mass is 9.81. The summed E-state index contributed by atoms with van der Waals surface area (Å²) in [6.45, 7) is 0. The maximum Gasteiger partial charge on any atom is 0.254 e. The summed E-state index contributed by atoms with van der Waals surface area (Å²) in [5, 5.41) is 0. The molecule has 0 radical (unpaired) electrons. The van der Waals surface area contributed by atoms with Crippen LogP contribution in [0, 0.1) is 11.8 Å². The number of rotatable bonds is 1. The van der Waals surface area contributed by atoms with E-state index >= 15 is 0 Å². The number of anilines is 1. The standard InChI is InChI=1S/C18H16N4O3/c23-14-9-15(21-13-8-4-3-7-12(13)19-18(21)20-14)22-16(24)10-5-1-2-6-11(10)17(22)25/h3-4,7-11H,1-2,5-6H2,(H,19,20,23)/t10-,11-/m0/s1. The third-order valence-corrected chi connectivity index (χ3v) is 5.36. The normalized spacial score (nSPS) is 23.6. The van der Waals surface area contributed by atoms with E-state index in [-0.39, 0.29) is 35.0 Å².